The maximum absolute atomic E-state index is 14.3. The number of hydrogen-bond donors (Lipinski definition) is 2. The number of pyridine rings is 1. The molecule has 0 aliphatic carbocycles. The van der Waals surface area contributed by atoms with Crippen molar-refractivity contribution in [3.05, 3.63) is 54.0 Å². The lowest BCUT2D eigenvalue weighted by Crippen LogP contribution is -2.45. The number of halogens is 3. The second-order valence-electron chi connectivity index (χ2n) is 7.34. The van der Waals surface area contributed by atoms with Crippen molar-refractivity contribution in [3.63, 3.8) is 0 Å². The topological polar surface area (TPSA) is 96.8 Å². The van der Waals surface area contributed by atoms with E-state index in [9.17, 15) is 13.2 Å². The fraction of sp³-hybridized carbons (Fsp3) is 0.318. The highest BCUT2D eigenvalue weighted by atomic mass is 19.3. The van der Waals surface area contributed by atoms with Crippen molar-refractivity contribution < 1.29 is 22.6 Å². The highest BCUT2D eigenvalue weighted by Gasteiger charge is 2.23. The zero-order valence-electron chi connectivity index (χ0n) is 17.6. The monoisotopic (exact) mass is 447 g/mol. The first-order valence-electron chi connectivity index (χ1n) is 9.92. The smallest absolute Gasteiger partial charge is 0.387 e. The summed E-state index contributed by atoms with van der Waals surface area (Å²) in [6.45, 7) is 2.22. The lowest BCUT2D eigenvalue weighted by atomic mass is 10.1. The van der Waals surface area contributed by atoms with Crippen molar-refractivity contribution in [2.45, 2.75) is 32.7 Å². The first-order valence-corrected chi connectivity index (χ1v) is 9.92. The van der Waals surface area contributed by atoms with E-state index in [0.29, 0.717) is 30.0 Å². The molecule has 3 rings (SSSR count). The van der Waals surface area contributed by atoms with E-state index in [1.54, 1.807) is 0 Å². The molecule has 1 aliphatic rings. The number of anilines is 1. The van der Waals surface area contributed by atoms with E-state index in [0.717, 1.165) is 12.4 Å². The summed E-state index contributed by atoms with van der Waals surface area (Å²) in [4.78, 5) is 10.3. The number of nitrogens with two attached hydrogens (primary N) is 1. The van der Waals surface area contributed by atoms with Gasteiger partial charge in [0, 0.05) is 30.9 Å². The van der Waals surface area contributed by atoms with Crippen LogP contribution in [0.5, 0.6) is 5.75 Å². The fourth-order valence-corrected chi connectivity index (χ4v) is 3.41. The molecule has 1 aliphatic heterocycles. The molecule has 0 amide bonds. The summed E-state index contributed by atoms with van der Waals surface area (Å²) < 4.78 is 49.0. The van der Waals surface area contributed by atoms with Gasteiger partial charge in [-0.1, -0.05) is 12.1 Å². The van der Waals surface area contributed by atoms with E-state index in [-0.39, 0.29) is 29.5 Å². The van der Waals surface area contributed by atoms with Crippen molar-refractivity contribution in [2.24, 2.45) is 10.7 Å². The van der Waals surface area contributed by atoms with E-state index in [1.165, 1.54) is 36.4 Å². The first-order chi connectivity index (χ1) is 15.2. The second-order valence-corrected chi connectivity index (χ2v) is 7.34. The number of morpholine rings is 1. The molecule has 0 spiro atoms. The zero-order valence-corrected chi connectivity index (χ0v) is 17.6. The molecule has 2 heterocycles. The van der Waals surface area contributed by atoms with Crippen LogP contribution in [0.1, 0.15) is 19.4 Å². The Bertz CT molecular complexity index is 1000. The third kappa shape index (κ3) is 6.07. The van der Waals surface area contributed by atoms with Crippen molar-refractivity contribution in [2.75, 3.05) is 18.0 Å². The summed E-state index contributed by atoms with van der Waals surface area (Å²) in [5.41, 5.74) is 6.89. The average molecular weight is 447 g/mol. The van der Waals surface area contributed by atoms with Gasteiger partial charge in [-0.2, -0.15) is 8.78 Å². The normalized spacial score (nSPS) is 19.9. The fourth-order valence-electron chi connectivity index (χ4n) is 3.41. The third-order valence-electron chi connectivity index (χ3n) is 4.69. The molecule has 170 valence electrons. The van der Waals surface area contributed by atoms with Crippen LogP contribution in [0.25, 0.3) is 5.57 Å². The van der Waals surface area contributed by atoms with Crippen LogP contribution in [0, 0.1) is 11.2 Å². The van der Waals surface area contributed by atoms with Crippen molar-refractivity contribution >= 4 is 29.1 Å². The molecule has 2 unspecified atom stereocenters. The highest BCUT2D eigenvalue weighted by Crippen LogP contribution is 2.26. The van der Waals surface area contributed by atoms with Gasteiger partial charge in [-0.25, -0.2) is 14.4 Å². The largest absolute Gasteiger partial charge is 0.435 e. The zero-order chi connectivity index (χ0) is 23.3. The minimum absolute atomic E-state index is 0.00662. The summed E-state index contributed by atoms with van der Waals surface area (Å²) in [6.07, 6.45) is 3.55. The number of nitrogens with zero attached hydrogens (tertiary/aromatic N) is 3. The number of nitrogens with one attached hydrogen (secondary N) is 1. The Morgan fingerprint density at radius 2 is 1.94 bits per heavy atom. The summed E-state index contributed by atoms with van der Waals surface area (Å²) >= 11 is 0. The van der Waals surface area contributed by atoms with Crippen molar-refractivity contribution in [3.8, 4) is 5.75 Å². The van der Waals surface area contributed by atoms with Gasteiger partial charge in [0.05, 0.1) is 18.4 Å². The maximum atomic E-state index is 14.3. The molecule has 1 fully saturated rings. The Balaban J connectivity index is 1.83. The van der Waals surface area contributed by atoms with E-state index in [4.69, 9.17) is 15.9 Å². The molecular formula is C22H24F3N5O2. The highest BCUT2D eigenvalue weighted by molar-refractivity contribution is 6.16. The van der Waals surface area contributed by atoms with E-state index >= 15 is 0 Å². The Kier molecular flexibility index (Phi) is 7.47. The molecule has 0 saturated carbocycles. The van der Waals surface area contributed by atoms with Gasteiger partial charge in [0.2, 0.25) is 0 Å². The minimum Gasteiger partial charge on any atom is -0.435 e. The van der Waals surface area contributed by atoms with Crippen LogP contribution in [0.3, 0.4) is 0 Å². The van der Waals surface area contributed by atoms with E-state index < -0.39 is 12.4 Å². The van der Waals surface area contributed by atoms with Crippen molar-refractivity contribution in [1.29, 1.82) is 5.41 Å². The SMILES string of the molecule is CC1CN(c2cc(N=C(N)/C=C(\C=N)c3ccc(OC(F)F)cc3)c(F)cn2)CC(C)O1. The molecule has 2 atom stereocenters. The number of aliphatic imine (C=N–C) groups is 1. The molecule has 2 aromatic rings. The first kappa shape index (κ1) is 23.3. The van der Waals surface area contributed by atoms with Gasteiger partial charge in [0.1, 0.15) is 23.1 Å². The average Bonchev–Trinajstić information content (AvgIpc) is 2.73. The number of benzene rings is 1. The molecule has 3 N–H and O–H groups in total. The molecule has 10 heteroatoms. The van der Waals surface area contributed by atoms with Gasteiger partial charge in [0.25, 0.3) is 0 Å². The summed E-state index contributed by atoms with van der Waals surface area (Å²) in [5.74, 6) is -0.112. The molecule has 1 saturated heterocycles. The van der Waals surface area contributed by atoms with Crippen LogP contribution >= 0.6 is 0 Å². The number of ether oxygens (including phenoxy) is 2. The maximum Gasteiger partial charge on any atom is 0.387 e. The molecule has 32 heavy (non-hydrogen) atoms. The number of aromatic nitrogens is 1. The molecule has 0 bridgehead atoms. The summed E-state index contributed by atoms with van der Waals surface area (Å²) in [6, 6.07) is 7.24. The predicted molar refractivity (Wildman–Crippen MR) is 118 cm³/mol. The van der Waals surface area contributed by atoms with E-state index in [2.05, 4.69) is 14.7 Å². The number of allylic oxidation sites excluding steroid dienone is 1. The van der Waals surface area contributed by atoms with Crippen LogP contribution in [-0.2, 0) is 4.74 Å². The molecule has 1 aromatic carbocycles. The van der Waals surface area contributed by atoms with Gasteiger partial charge in [-0.15, -0.1) is 0 Å². The third-order valence-corrected chi connectivity index (χ3v) is 4.69. The molecule has 7 nitrogen and oxygen atoms in total. The number of rotatable bonds is 7. The van der Waals surface area contributed by atoms with Gasteiger partial charge in [-0.3, -0.25) is 0 Å². The molecular weight excluding hydrogens is 423 g/mol. The van der Waals surface area contributed by atoms with Gasteiger partial charge < -0.3 is 25.5 Å². The Morgan fingerprint density at radius 3 is 2.53 bits per heavy atom. The van der Waals surface area contributed by atoms with Crippen molar-refractivity contribution in [1.82, 2.24) is 4.98 Å². The lowest BCUT2D eigenvalue weighted by molar-refractivity contribution is -0.0498. The number of amidine groups is 1. The van der Waals surface area contributed by atoms with Crippen LogP contribution in [0.2, 0.25) is 0 Å². The van der Waals surface area contributed by atoms with Crippen LogP contribution in [0.4, 0.5) is 24.7 Å². The number of hydrogen-bond acceptors (Lipinski definition) is 6. The molecule has 1 aromatic heterocycles. The van der Waals surface area contributed by atoms with Crippen LogP contribution < -0.4 is 15.4 Å². The number of alkyl halides is 2. The van der Waals surface area contributed by atoms with Crippen LogP contribution in [-0.4, -0.2) is 48.9 Å². The summed E-state index contributed by atoms with van der Waals surface area (Å²) in [7, 11) is 0. The molecule has 0 radical (unpaired) electrons. The lowest BCUT2D eigenvalue weighted by Gasteiger charge is -2.36. The Hall–Kier alpha value is -3.40. The quantitative estimate of drug-likeness (QED) is 0.491. The van der Waals surface area contributed by atoms with E-state index in [1.807, 2.05) is 18.7 Å². The second kappa shape index (κ2) is 10.3. The van der Waals surface area contributed by atoms with Gasteiger partial charge in [0.15, 0.2) is 5.82 Å². The Labute approximate surface area is 183 Å². The van der Waals surface area contributed by atoms with Gasteiger partial charge in [-0.05, 0) is 37.6 Å². The van der Waals surface area contributed by atoms with Gasteiger partial charge >= 0.3 is 6.61 Å². The standard InChI is InChI=1S/C22H24F3N5O2/c1-13-11-30(12-14(2)31-13)21-8-19(18(23)10-28-21)29-20(27)7-16(9-26)15-3-5-17(6-4-15)32-22(24)25/h3-10,13-14,22,26H,11-12H2,1-2H3,(H2,27,28,29)/b16-7+,26-9?. The van der Waals surface area contributed by atoms with Crippen LogP contribution in [0.15, 0.2) is 47.6 Å². The minimum atomic E-state index is -2.93. The Morgan fingerprint density at radius 1 is 1.28 bits per heavy atom. The predicted octanol–water partition coefficient (Wildman–Crippen LogP) is 4.16. The summed E-state index contributed by atoms with van der Waals surface area (Å²) in [5, 5.41) is 7.63.